The number of hydrogen-bond donors (Lipinski definition) is 3. The summed E-state index contributed by atoms with van der Waals surface area (Å²) in [7, 11) is -13.8. The lowest BCUT2D eigenvalue weighted by Crippen LogP contribution is -2.70. The van der Waals surface area contributed by atoms with E-state index in [4.69, 9.17) is 80.3 Å². The molecule has 4 aliphatic rings. The van der Waals surface area contributed by atoms with Gasteiger partial charge >= 0.3 is 14.9 Å². The number of carbonyl (C=O) groups excluding carboxylic acids is 3. The number of fused-ring (bicyclic) bond motifs is 14. The maximum absolute atomic E-state index is 13.4. The van der Waals surface area contributed by atoms with E-state index in [-0.39, 0.29) is 53.7 Å². The fraction of sp³-hybridized carbons (Fsp3) is 0.328. The van der Waals surface area contributed by atoms with Crippen LogP contribution >= 0.6 is 23.2 Å². The van der Waals surface area contributed by atoms with Crippen molar-refractivity contribution in [3.8, 4) is 5.75 Å². The van der Waals surface area contributed by atoms with Gasteiger partial charge in [-0.05, 0) is 76.1 Å². The van der Waals surface area contributed by atoms with Crippen molar-refractivity contribution in [1.82, 2.24) is 19.1 Å². The monoisotopic (exact) mass is 1320 g/mol. The molecule has 0 aliphatic carbocycles. The number of methoxy groups -OCH3 is 1. The topological polar surface area (TPSA) is 269 Å². The summed E-state index contributed by atoms with van der Waals surface area (Å²) >= 11 is 12.3. The Kier molecular flexibility index (Phi) is 19.0. The number of carbonyl (C=O) groups is 3. The van der Waals surface area contributed by atoms with Gasteiger partial charge < -0.3 is 37.8 Å². The van der Waals surface area contributed by atoms with Crippen molar-refractivity contribution in [3.05, 3.63) is 152 Å². The zero-order chi connectivity index (χ0) is 62.7. The number of amides is 2. The van der Waals surface area contributed by atoms with Gasteiger partial charge in [0.15, 0.2) is 45.7 Å². The van der Waals surface area contributed by atoms with Crippen LogP contribution in [0.5, 0.6) is 5.75 Å². The predicted molar refractivity (Wildman–Crippen MR) is 347 cm³/mol. The van der Waals surface area contributed by atoms with Crippen molar-refractivity contribution in [3.63, 3.8) is 0 Å². The molecular formula is C61H66Cl2N10O12SSi3. The summed E-state index contributed by atoms with van der Waals surface area (Å²) in [5.41, 5.74) is 4.25. The number of hydrogen-bond acceptors (Lipinski definition) is 17. The molecule has 11 rings (SSSR count). The molecule has 2 amide bonds. The molecule has 0 spiro atoms. The summed E-state index contributed by atoms with van der Waals surface area (Å²) < 4.78 is 74.9. The van der Waals surface area contributed by atoms with Crippen LogP contribution in [-0.2, 0) is 46.9 Å². The number of nitrogens with zero attached hydrogens (tertiary/aromatic N) is 8. The lowest BCUT2D eigenvalue weighted by atomic mass is 10.1. The molecular weight excluding hydrogens is 1250 g/mol. The Hall–Kier alpha value is -7.19. The molecule has 0 fully saturated rings. The predicted octanol–water partition coefficient (Wildman–Crippen LogP) is 9.23. The first-order valence-corrected chi connectivity index (χ1v) is 39.4. The first kappa shape index (κ1) is 63.4. The van der Waals surface area contributed by atoms with E-state index in [0.717, 1.165) is 55.9 Å². The van der Waals surface area contributed by atoms with Crippen LogP contribution in [0.4, 0.5) is 11.6 Å². The van der Waals surface area contributed by atoms with Crippen LogP contribution in [0.1, 0.15) is 60.8 Å². The molecule has 0 radical (unpaired) electrons. The van der Waals surface area contributed by atoms with Crippen LogP contribution in [0.2, 0.25) is 48.3 Å². The van der Waals surface area contributed by atoms with Gasteiger partial charge in [-0.2, -0.15) is 8.42 Å². The SMILES string of the molecule is COCCOCCOCC(=O)NCCC[Si](C)(C)O[Si]1(O[Si](C)(C)CCCNC(=O)CCCCC(=O)Oc2c(Cl)cc(S(=O)(=O)O)cc2Cl)n2c3c4ccccc4c2/N=C2N=C(/N=c4/c5ccccc5/c(n41)=N/C1=NC(=N\3)/c3ccccc31)c1ccccc1\2. The highest BCUT2D eigenvalue weighted by molar-refractivity contribution is 7.85. The Labute approximate surface area is 526 Å². The third kappa shape index (κ3) is 13.8. The van der Waals surface area contributed by atoms with E-state index in [1.54, 1.807) is 7.11 Å². The number of halogens is 2. The molecule has 89 heavy (non-hydrogen) atoms. The molecule has 3 N–H and O–H groups in total. The molecule has 7 aromatic rings. The second kappa shape index (κ2) is 26.7. The normalized spacial score (nSPS) is 17.6. The molecule has 6 bridgehead atoms. The van der Waals surface area contributed by atoms with Crippen molar-refractivity contribution in [2.45, 2.75) is 81.7 Å². The fourth-order valence-electron chi connectivity index (χ4n) is 11.1. The smallest absolute Gasteiger partial charge is 0.423 e. The molecule has 5 aromatic carbocycles. The van der Waals surface area contributed by atoms with Gasteiger partial charge in [-0.25, -0.2) is 30.0 Å². The van der Waals surface area contributed by atoms with Gasteiger partial charge in [0.2, 0.25) is 11.8 Å². The molecule has 6 heterocycles. The fourth-order valence-corrected chi connectivity index (χ4v) is 24.9. The standard InChI is InChI=1S/C61H66Cl2N10O12SSi3/c1-80-30-31-81-32-33-82-38-51(75)65-29-17-35-88(4,5)85-89(84-87(2,3)34-16-28-64-50(74)26-14-15-27-52(76)83-53-48(62)36-39(37-49(53)63)86(77,78)79)72-58-44-22-10-11-23-45(44)60(72)70-56-42-20-8-9-21-43(42)57(67-56)71-61-47-25-13-12-24-46(47)59(73(61)89)69-55-41-19-7-6-18-40(41)54(66-55)68-58/h6-13,18-25,36-37H,14-17,26-35,38H2,1-5H3,(H,64,74)(H,65,75)(H,77,78,79)/b68-54-,68-58?,69-55?,69-59-,70-56-,70-60?,71-57?,71-61-. The molecule has 1 atom stereocenters. The number of unbranched alkanes of at least 4 members (excludes halogenated alkanes) is 1. The van der Waals surface area contributed by atoms with Crippen LogP contribution in [-0.4, -0.2) is 141 Å². The Balaban J connectivity index is 0.955. The minimum Gasteiger partial charge on any atom is -0.423 e. The molecule has 464 valence electrons. The minimum atomic E-state index is -4.61. The number of amidine groups is 4. The highest BCUT2D eigenvalue weighted by atomic mass is 35.5. The number of esters is 1. The van der Waals surface area contributed by atoms with Crippen molar-refractivity contribution in [2.75, 3.05) is 53.2 Å². The lowest BCUT2D eigenvalue weighted by molar-refractivity contribution is -0.134. The van der Waals surface area contributed by atoms with Crippen LogP contribution in [0, 0.1) is 0 Å². The number of ether oxygens (including phenoxy) is 4. The van der Waals surface area contributed by atoms with E-state index in [2.05, 4.69) is 45.3 Å². The van der Waals surface area contributed by atoms with E-state index in [0.29, 0.717) is 117 Å². The first-order chi connectivity index (χ1) is 42.7. The Morgan fingerprint density at radius 3 is 1.49 bits per heavy atom. The van der Waals surface area contributed by atoms with E-state index >= 15 is 0 Å². The summed E-state index contributed by atoms with van der Waals surface area (Å²) in [6, 6.07) is 34.9. The first-order valence-electron chi connectivity index (χ1n) is 29.3. The molecule has 22 nitrogen and oxygen atoms in total. The van der Waals surface area contributed by atoms with Gasteiger partial charge in [0.1, 0.15) is 29.2 Å². The highest BCUT2D eigenvalue weighted by Crippen LogP contribution is 2.45. The minimum absolute atomic E-state index is 0.0771. The zero-order valence-electron chi connectivity index (χ0n) is 49.7. The molecule has 0 saturated carbocycles. The number of benzene rings is 5. The van der Waals surface area contributed by atoms with Gasteiger partial charge in [0.25, 0.3) is 10.1 Å². The molecule has 0 saturated heterocycles. The summed E-state index contributed by atoms with van der Waals surface area (Å²) in [4.78, 5) is 71.7. The largest absolute Gasteiger partial charge is 0.582 e. The summed E-state index contributed by atoms with van der Waals surface area (Å²) in [6.45, 7) is 10.7. The van der Waals surface area contributed by atoms with Crippen LogP contribution in [0.15, 0.2) is 144 Å². The number of aliphatic imine (C=N–C) groups is 4. The maximum atomic E-state index is 13.4. The van der Waals surface area contributed by atoms with Gasteiger partial charge in [-0.1, -0.05) is 120 Å². The Morgan fingerprint density at radius 1 is 0.562 bits per heavy atom. The van der Waals surface area contributed by atoms with Gasteiger partial charge in [0.05, 0.1) is 41.4 Å². The highest BCUT2D eigenvalue weighted by Gasteiger charge is 2.58. The van der Waals surface area contributed by atoms with Gasteiger partial charge in [0, 0.05) is 76.8 Å². The molecule has 28 heteroatoms. The zero-order valence-corrected chi connectivity index (χ0v) is 55.0. The van der Waals surface area contributed by atoms with E-state index in [1.807, 2.05) is 97.1 Å². The summed E-state index contributed by atoms with van der Waals surface area (Å²) in [5, 5.41) is 8.69. The van der Waals surface area contributed by atoms with Crippen LogP contribution in [0.25, 0.3) is 21.5 Å². The maximum Gasteiger partial charge on any atom is 0.582 e. The quantitative estimate of drug-likeness (QED) is 0.0143. The second-order valence-corrected chi connectivity index (χ2v) is 36.7. The average molecular weight is 1320 g/mol. The summed E-state index contributed by atoms with van der Waals surface area (Å²) in [6.07, 6.45) is 1.81. The van der Waals surface area contributed by atoms with E-state index < -0.39 is 46.5 Å². The number of nitrogens with one attached hydrogen (secondary N) is 2. The van der Waals surface area contributed by atoms with Gasteiger partial charge in [-0.15, -0.1) is 0 Å². The average Bonchev–Trinajstić information content (AvgIpc) is 1.55. The molecule has 4 aliphatic heterocycles. The second-order valence-electron chi connectivity index (χ2n) is 22.8. The third-order valence-corrected chi connectivity index (χ3v) is 28.3. The van der Waals surface area contributed by atoms with Crippen molar-refractivity contribution >= 4 is 133 Å². The third-order valence-electron chi connectivity index (χ3n) is 15.2. The summed E-state index contributed by atoms with van der Waals surface area (Å²) in [5.74, 6) is 1.49. The lowest BCUT2D eigenvalue weighted by Gasteiger charge is -2.43. The van der Waals surface area contributed by atoms with Crippen molar-refractivity contribution < 1.29 is 54.5 Å². The number of aromatic nitrogens is 2. The number of rotatable bonds is 27. The Morgan fingerprint density at radius 2 is 1.00 bits per heavy atom. The molecule has 2 aromatic heterocycles. The van der Waals surface area contributed by atoms with Crippen molar-refractivity contribution in [1.29, 1.82) is 0 Å². The van der Waals surface area contributed by atoms with Crippen molar-refractivity contribution in [2.24, 2.45) is 30.0 Å². The molecule has 1 unspecified atom stereocenters. The van der Waals surface area contributed by atoms with Crippen LogP contribution in [0.3, 0.4) is 0 Å². The van der Waals surface area contributed by atoms with Gasteiger partial charge in [-0.3, -0.25) is 27.4 Å². The van der Waals surface area contributed by atoms with Crippen LogP contribution < -0.4 is 26.3 Å². The van der Waals surface area contributed by atoms with E-state index in [9.17, 15) is 27.4 Å². The Bertz CT molecular complexity index is 4160. The van der Waals surface area contributed by atoms with E-state index in [1.165, 1.54) is 0 Å².